The molecule has 9 atom stereocenters. The maximum Gasteiger partial charge on any atom is 0.338 e. The minimum Gasteiger partial charge on any atom is -0.458 e. The zero-order valence-corrected chi connectivity index (χ0v) is 30.5. The lowest BCUT2D eigenvalue weighted by Crippen LogP contribution is -2.81. The maximum atomic E-state index is 14.8. The SMILES string of the molecule is CC(=O)O[C@@]12CO[C@@H]1C[C@H](O)[C@@]1(C)C(=O)[C@H](O)C3=C(C)[C@@H](OC(=O)CCc4ccc5ccccc5c4)C[C@@](O)([C@@H](OC(=O)c4ccccc4)[C@H]21)C3(C)C. The van der Waals surface area contributed by atoms with E-state index in [1.807, 2.05) is 42.5 Å². The summed E-state index contributed by atoms with van der Waals surface area (Å²) >= 11 is 0. The van der Waals surface area contributed by atoms with Crippen LogP contribution in [0.5, 0.6) is 0 Å². The molecule has 53 heavy (non-hydrogen) atoms. The number of carbonyl (C=O) groups is 4. The molecule has 280 valence electrons. The predicted octanol–water partition coefficient (Wildman–Crippen LogP) is 4.42. The molecule has 3 aliphatic carbocycles. The molecule has 0 radical (unpaired) electrons. The van der Waals surface area contributed by atoms with Gasteiger partial charge in [0, 0.05) is 31.6 Å². The molecule has 4 aliphatic rings. The Morgan fingerprint density at radius 1 is 0.925 bits per heavy atom. The zero-order valence-electron chi connectivity index (χ0n) is 30.5. The van der Waals surface area contributed by atoms with Gasteiger partial charge in [0.15, 0.2) is 11.4 Å². The van der Waals surface area contributed by atoms with Crippen molar-refractivity contribution < 1.29 is 53.4 Å². The fourth-order valence-electron chi connectivity index (χ4n) is 9.63. The van der Waals surface area contributed by atoms with Crippen molar-refractivity contribution >= 4 is 34.5 Å². The summed E-state index contributed by atoms with van der Waals surface area (Å²) in [6.45, 7) is 7.37. The van der Waals surface area contributed by atoms with Gasteiger partial charge in [-0.3, -0.25) is 14.4 Å². The van der Waals surface area contributed by atoms with Crippen LogP contribution in [-0.4, -0.2) is 87.3 Å². The molecule has 1 saturated heterocycles. The van der Waals surface area contributed by atoms with Gasteiger partial charge in [-0.05, 0) is 59.9 Å². The number of hydrogen-bond donors (Lipinski definition) is 3. The second kappa shape index (κ2) is 13.2. The van der Waals surface area contributed by atoms with Gasteiger partial charge < -0.3 is 34.3 Å². The summed E-state index contributed by atoms with van der Waals surface area (Å²) in [5.41, 5.74) is -5.61. The van der Waals surface area contributed by atoms with Crippen molar-refractivity contribution in [2.75, 3.05) is 6.61 Å². The number of benzene rings is 3. The molecule has 3 fully saturated rings. The Balaban J connectivity index is 1.32. The molecule has 3 aromatic carbocycles. The van der Waals surface area contributed by atoms with Crippen LogP contribution in [-0.2, 0) is 39.8 Å². The molecule has 0 aromatic heterocycles. The summed E-state index contributed by atoms with van der Waals surface area (Å²) in [4.78, 5) is 55.2. The van der Waals surface area contributed by atoms with Crippen molar-refractivity contribution in [1.29, 1.82) is 0 Å². The Bertz CT molecular complexity index is 2000. The third-order valence-electron chi connectivity index (χ3n) is 12.6. The monoisotopic (exact) mass is 726 g/mol. The highest BCUT2D eigenvalue weighted by Gasteiger charge is 2.78. The fourth-order valence-corrected chi connectivity index (χ4v) is 9.63. The van der Waals surface area contributed by atoms with Crippen molar-refractivity contribution in [3.05, 3.63) is 95.1 Å². The van der Waals surface area contributed by atoms with E-state index in [9.17, 15) is 34.5 Å². The molecule has 1 heterocycles. The number of ether oxygens (including phenoxy) is 4. The van der Waals surface area contributed by atoms with Gasteiger partial charge in [-0.15, -0.1) is 0 Å². The van der Waals surface area contributed by atoms with E-state index in [4.69, 9.17) is 18.9 Å². The molecule has 3 aromatic rings. The Labute approximate surface area is 307 Å². The van der Waals surface area contributed by atoms with E-state index in [-0.39, 0.29) is 37.0 Å². The Hall–Kier alpha value is -4.42. The molecular weight excluding hydrogens is 680 g/mol. The number of hydrogen-bond acceptors (Lipinski definition) is 11. The quantitative estimate of drug-likeness (QED) is 0.179. The first-order chi connectivity index (χ1) is 25.0. The highest BCUT2D eigenvalue weighted by atomic mass is 16.6. The predicted molar refractivity (Wildman–Crippen MR) is 191 cm³/mol. The molecular formula is C42H46O11. The van der Waals surface area contributed by atoms with Gasteiger partial charge in [0.1, 0.15) is 30.0 Å². The van der Waals surface area contributed by atoms with Crippen LogP contribution in [0.4, 0.5) is 0 Å². The standard InChI is InChI=1S/C42H46O11/c1-23-29(51-32(45)18-16-25-15-17-26-11-9-10-14-28(26)19-25)21-42(49)37(52-38(48)27-12-7-6-8-13-27)35-40(5,36(47)34(46)33(23)39(42,3)4)30(44)20-31-41(35,22-50-31)53-24(2)43/h6-15,17,19,29-31,34-35,37,44,46,49H,16,18,20-22H2,1-5H3/t29-,30-,31+,34+,35-,37-,40+,41-,42+/m0/s1. The smallest absolute Gasteiger partial charge is 0.338 e. The first kappa shape index (κ1) is 36.9. The number of ketones is 1. The number of aryl methyl sites for hydroxylation is 1. The summed E-state index contributed by atoms with van der Waals surface area (Å²) in [6, 6.07) is 22.0. The molecule has 11 heteroatoms. The van der Waals surface area contributed by atoms with Crippen molar-refractivity contribution in [2.45, 2.75) is 102 Å². The summed E-state index contributed by atoms with van der Waals surface area (Å²) in [5.74, 6) is -4.31. The Kier molecular flexibility index (Phi) is 9.16. The number of aliphatic hydroxyl groups is 3. The van der Waals surface area contributed by atoms with E-state index in [0.29, 0.717) is 12.0 Å². The molecule has 11 nitrogen and oxygen atoms in total. The number of aliphatic hydroxyl groups excluding tert-OH is 2. The number of fused-ring (bicyclic) bond motifs is 6. The maximum absolute atomic E-state index is 14.8. The summed E-state index contributed by atoms with van der Waals surface area (Å²) < 4.78 is 24.3. The summed E-state index contributed by atoms with van der Waals surface area (Å²) in [5, 5.41) is 39.3. The first-order valence-electron chi connectivity index (χ1n) is 18.1. The van der Waals surface area contributed by atoms with Crippen LogP contribution in [0.25, 0.3) is 10.8 Å². The van der Waals surface area contributed by atoms with Gasteiger partial charge in [0.05, 0.1) is 29.6 Å². The van der Waals surface area contributed by atoms with E-state index >= 15 is 0 Å². The molecule has 2 bridgehead atoms. The minimum absolute atomic E-state index is 0.00858. The lowest BCUT2D eigenvalue weighted by Gasteiger charge is -2.67. The van der Waals surface area contributed by atoms with Crippen LogP contribution < -0.4 is 0 Å². The van der Waals surface area contributed by atoms with Crippen LogP contribution in [0.2, 0.25) is 0 Å². The lowest BCUT2D eigenvalue weighted by molar-refractivity contribution is -0.345. The number of rotatable bonds is 7. The minimum atomic E-state index is -2.16. The highest BCUT2D eigenvalue weighted by Crippen LogP contribution is 2.64. The van der Waals surface area contributed by atoms with Gasteiger partial charge in [0.2, 0.25) is 0 Å². The van der Waals surface area contributed by atoms with Crippen LogP contribution in [0.1, 0.15) is 69.8 Å². The molecule has 0 unspecified atom stereocenters. The zero-order chi connectivity index (χ0) is 38.1. The molecule has 7 rings (SSSR count). The van der Waals surface area contributed by atoms with E-state index < -0.39 is 82.2 Å². The van der Waals surface area contributed by atoms with Gasteiger partial charge >= 0.3 is 17.9 Å². The average molecular weight is 727 g/mol. The Morgan fingerprint density at radius 3 is 2.26 bits per heavy atom. The van der Waals surface area contributed by atoms with E-state index in [2.05, 4.69) is 0 Å². The van der Waals surface area contributed by atoms with Gasteiger partial charge in [-0.25, -0.2) is 4.79 Å². The molecule has 3 N–H and O–H groups in total. The largest absolute Gasteiger partial charge is 0.458 e. The van der Waals surface area contributed by atoms with Crippen LogP contribution in [0.3, 0.4) is 0 Å². The van der Waals surface area contributed by atoms with Gasteiger partial charge in [-0.1, -0.05) is 74.5 Å². The van der Waals surface area contributed by atoms with Gasteiger partial charge in [-0.2, -0.15) is 0 Å². The summed E-state index contributed by atoms with van der Waals surface area (Å²) in [7, 11) is 0. The van der Waals surface area contributed by atoms with Crippen LogP contribution in [0, 0.1) is 16.7 Å². The van der Waals surface area contributed by atoms with Crippen LogP contribution in [0.15, 0.2) is 83.9 Å². The third kappa shape index (κ3) is 5.71. The van der Waals surface area contributed by atoms with Crippen molar-refractivity contribution in [2.24, 2.45) is 16.7 Å². The topological polar surface area (TPSA) is 166 Å². The molecule has 0 spiro atoms. The highest BCUT2D eigenvalue weighted by molar-refractivity contribution is 5.94. The van der Waals surface area contributed by atoms with Crippen molar-refractivity contribution in [3.63, 3.8) is 0 Å². The van der Waals surface area contributed by atoms with E-state index in [0.717, 1.165) is 16.3 Å². The van der Waals surface area contributed by atoms with Crippen molar-refractivity contribution in [1.82, 2.24) is 0 Å². The second-order valence-corrected chi connectivity index (χ2v) is 15.8. The van der Waals surface area contributed by atoms with Crippen molar-refractivity contribution in [3.8, 4) is 0 Å². The fraction of sp³-hybridized carbons (Fsp3) is 0.476. The molecule has 0 amide bonds. The third-order valence-corrected chi connectivity index (χ3v) is 12.6. The Morgan fingerprint density at radius 2 is 1.60 bits per heavy atom. The number of Topliss-reactive ketones (excluding diaryl/α,β-unsaturated/α-hetero) is 1. The molecule has 1 aliphatic heterocycles. The number of esters is 3. The van der Waals surface area contributed by atoms with Crippen LogP contribution >= 0.6 is 0 Å². The van der Waals surface area contributed by atoms with E-state index in [1.165, 1.54) is 26.0 Å². The second-order valence-electron chi connectivity index (χ2n) is 15.8. The summed E-state index contributed by atoms with van der Waals surface area (Å²) in [6.07, 6.45) is -7.02. The van der Waals surface area contributed by atoms with E-state index in [1.54, 1.807) is 39.0 Å². The number of carbonyl (C=O) groups excluding carboxylic acids is 4. The lowest BCUT2D eigenvalue weighted by atomic mass is 9.44. The average Bonchev–Trinajstić information content (AvgIpc) is 3.12. The van der Waals surface area contributed by atoms with Gasteiger partial charge in [0.25, 0.3) is 0 Å². The normalized spacial score (nSPS) is 34.5. The first-order valence-corrected chi connectivity index (χ1v) is 18.1. The molecule has 2 saturated carbocycles.